The average Bonchev–Trinajstić information content (AvgIpc) is 2.56. The van der Waals surface area contributed by atoms with Crippen molar-refractivity contribution < 1.29 is 9.18 Å². The van der Waals surface area contributed by atoms with Gasteiger partial charge >= 0.3 is 6.03 Å². The number of carbonyl (C=O) groups is 1. The lowest BCUT2D eigenvalue weighted by Gasteiger charge is -2.27. The normalized spacial score (nSPS) is 14.1. The third kappa shape index (κ3) is 3.09. The molecular formula is C17H15FN4O. The third-order valence-corrected chi connectivity index (χ3v) is 3.64. The molecule has 2 aromatic carbocycles. The minimum atomic E-state index is -0.566. The largest absolute Gasteiger partial charge is 0.354 e. The Labute approximate surface area is 133 Å². The summed E-state index contributed by atoms with van der Waals surface area (Å²) < 4.78 is 13.7. The van der Waals surface area contributed by atoms with Gasteiger partial charge in [0, 0.05) is 24.5 Å². The van der Waals surface area contributed by atoms with Crippen molar-refractivity contribution in [3.8, 4) is 6.07 Å². The van der Waals surface area contributed by atoms with Crippen LogP contribution in [0.1, 0.15) is 12.0 Å². The van der Waals surface area contributed by atoms with Crippen molar-refractivity contribution in [1.29, 1.82) is 5.26 Å². The predicted octanol–water partition coefficient (Wildman–Crippen LogP) is 3.36. The minimum Gasteiger partial charge on any atom is -0.354 e. The molecule has 1 saturated heterocycles. The van der Waals surface area contributed by atoms with Gasteiger partial charge < -0.3 is 10.6 Å². The van der Waals surface area contributed by atoms with Crippen LogP contribution >= 0.6 is 0 Å². The summed E-state index contributed by atoms with van der Waals surface area (Å²) in [5.74, 6) is -0.566. The van der Waals surface area contributed by atoms with Gasteiger partial charge in [0.05, 0.1) is 5.69 Å². The second kappa shape index (κ2) is 6.36. The molecule has 0 aliphatic carbocycles. The van der Waals surface area contributed by atoms with E-state index in [1.54, 1.807) is 29.2 Å². The van der Waals surface area contributed by atoms with Gasteiger partial charge in [-0.05, 0) is 36.8 Å². The van der Waals surface area contributed by atoms with Gasteiger partial charge in [-0.1, -0.05) is 12.1 Å². The van der Waals surface area contributed by atoms with Gasteiger partial charge in [0.15, 0.2) is 0 Å². The number of hydrogen-bond acceptors (Lipinski definition) is 3. The first-order valence-corrected chi connectivity index (χ1v) is 7.30. The fourth-order valence-corrected chi connectivity index (χ4v) is 2.52. The predicted molar refractivity (Wildman–Crippen MR) is 86.2 cm³/mol. The third-order valence-electron chi connectivity index (χ3n) is 3.64. The molecule has 1 aliphatic heterocycles. The molecule has 2 N–H and O–H groups in total. The van der Waals surface area contributed by atoms with Crippen molar-refractivity contribution >= 4 is 23.1 Å². The monoisotopic (exact) mass is 310 g/mol. The number of urea groups is 1. The zero-order chi connectivity index (χ0) is 16.2. The van der Waals surface area contributed by atoms with Crippen molar-refractivity contribution in [3.63, 3.8) is 0 Å². The van der Waals surface area contributed by atoms with Gasteiger partial charge in [0.2, 0.25) is 0 Å². The second-order valence-electron chi connectivity index (χ2n) is 5.19. The zero-order valence-electron chi connectivity index (χ0n) is 12.3. The van der Waals surface area contributed by atoms with Gasteiger partial charge in [-0.2, -0.15) is 5.26 Å². The molecule has 6 heteroatoms. The van der Waals surface area contributed by atoms with E-state index in [1.807, 2.05) is 18.2 Å². The van der Waals surface area contributed by atoms with Crippen LogP contribution in [0.5, 0.6) is 0 Å². The Kier molecular flexibility index (Phi) is 4.11. The van der Waals surface area contributed by atoms with E-state index >= 15 is 0 Å². The summed E-state index contributed by atoms with van der Waals surface area (Å²) in [7, 11) is 0. The van der Waals surface area contributed by atoms with Crippen LogP contribution in [0.4, 0.5) is 26.2 Å². The highest BCUT2D eigenvalue weighted by Crippen LogP contribution is 2.26. The Bertz CT molecular complexity index is 784. The second-order valence-corrected chi connectivity index (χ2v) is 5.19. The van der Waals surface area contributed by atoms with Crippen LogP contribution in [0.25, 0.3) is 0 Å². The molecule has 3 rings (SSSR count). The lowest BCUT2D eigenvalue weighted by Crippen LogP contribution is -2.46. The van der Waals surface area contributed by atoms with Gasteiger partial charge in [0.25, 0.3) is 0 Å². The molecule has 0 radical (unpaired) electrons. The number of anilines is 3. The number of benzene rings is 2. The first-order chi connectivity index (χ1) is 11.2. The highest BCUT2D eigenvalue weighted by atomic mass is 19.1. The summed E-state index contributed by atoms with van der Waals surface area (Å²) in [4.78, 5) is 13.6. The highest BCUT2D eigenvalue weighted by molar-refractivity contribution is 5.93. The first kappa shape index (κ1) is 14.9. The van der Waals surface area contributed by atoms with Crippen LogP contribution in [-0.2, 0) is 0 Å². The number of nitrogens with zero attached hydrogens (tertiary/aromatic N) is 2. The lowest BCUT2D eigenvalue weighted by molar-refractivity contribution is 0.243. The topological polar surface area (TPSA) is 68.2 Å². The molecule has 116 valence electrons. The van der Waals surface area contributed by atoms with E-state index in [0.29, 0.717) is 24.5 Å². The lowest BCUT2D eigenvalue weighted by atomic mass is 10.1. The summed E-state index contributed by atoms with van der Waals surface area (Å²) in [6.07, 6.45) is 0.881. The summed E-state index contributed by atoms with van der Waals surface area (Å²) in [5.41, 5.74) is 1.80. The number of nitriles is 1. The average molecular weight is 310 g/mol. The van der Waals surface area contributed by atoms with Crippen molar-refractivity contribution in [1.82, 2.24) is 5.32 Å². The van der Waals surface area contributed by atoms with Gasteiger partial charge in [-0.25, -0.2) is 9.18 Å². The molecule has 5 nitrogen and oxygen atoms in total. The van der Waals surface area contributed by atoms with Crippen LogP contribution < -0.4 is 15.5 Å². The molecule has 0 aromatic heterocycles. The van der Waals surface area contributed by atoms with E-state index in [-0.39, 0.29) is 11.6 Å². The molecule has 0 unspecified atom stereocenters. The molecule has 1 heterocycles. The number of carbonyl (C=O) groups excluding carboxylic acids is 1. The maximum Gasteiger partial charge on any atom is 0.321 e. The maximum atomic E-state index is 13.7. The first-order valence-electron chi connectivity index (χ1n) is 7.30. The highest BCUT2D eigenvalue weighted by Gasteiger charge is 2.19. The molecule has 23 heavy (non-hydrogen) atoms. The van der Waals surface area contributed by atoms with Crippen LogP contribution in [0.2, 0.25) is 0 Å². The van der Waals surface area contributed by atoms with Gasteiger partial charge in [-0.3, -0.25) is 4.90 Å². The Morgan fingerprint density at radius 2 is 2.09 bits per heavy atom. The Balaban J connectivity index is 1.88. The fraction of sp³-hybridized carbons (Fsp3) is 0.176. The Hall–Kier alpha value is -3.07. The van der Waals surface area contributed by atoms with Crippen LogP contribution in [0, 0.1) is 17.1 Å². The number of amides is 2. The number of hydrogen-bond donors (Lipinski definition) is 2. The number of nitrogens with one attached hydrogen (secondary N) is 2. The number of halogens is 1. The molecule has 2 amide bonds. The molecule has 1 fully saturated rings. The summed E-state index contributed by atoms with van der Waals surface area (Å²) in [6, 6.07) is 13.4. The summed E-state index contributed by atoms with van der Waals surface area (Å²) in [6.45, 7) is 1.33. The van der Waals surface area contributed by atoms with E-state index in [1.165, 1.54) is 6.07 Å². The summed E-state index contributed by atoms with van der Waals surface area (Å²) >= 11 is 0. The Morgan fingerprint density at radius 1 is 1.26 bits per heavy atom. The fourth-order valence-electron chi connectivity index (χ4n) is 2.52. The quantitative estimate of drug-likeness (QED) is 0.913. The van der Waals surface area contributed by atoms with E-state index < -0.39 is 5.82 Å². The van der Waals surface area contributed by atoms with Crippen LogP contribution in [-0.4, -0.2) is 19.1 Å². The SMILES string of the molecule is N#Cc1c(F)cccc1Nc1cccc(N2CCCNC2=O)c1. The standard InChI is InChI=1S/C17H15FN4O/c18-15-6-2-7-16(14(15)11-19)21-12-4-1-5-13(10-12)22-9-3-8-20-17(22)23/h1-2,4-7,10,21H,3,8-9H2,(H,20,23). The molecule has 2 aromatic rings. The molecule has 0 saturated carbocycles. The molecule has 1 aliphatic rings. The number of rotatable bonds is 3. The van der Waals surface area contributed by atoms with Crippen LogP contribution in [0.15, 0.2) is 42.5 Å². The van der Waals surface area contributed by atoms with Crippen molar-refractivity contribution in [2.24, 2.45) is 0 Å². The zero-order valence-corrected chi connectivity index (χ0v) is 12.3. The van der Waals surface area contributed by atoms with Crippen molar-refractivity contribution in [3.05, 3.63) is 53.8 Å². The van der Waals surface area contributed by atoms with E-state index in [9.17, 15) is 9.18 Å². The molecule has 0 bridgehead atoms. The maximum absolute atomic E-state index is 13.7. The minimum absolute atomic E-state index is 0.0337. The molecular weight excluding hydrogens is 295 g/mol. The smallest absolute Gasteiger partial charge is 0.321 e. The van der Waals surface area contributed by atoms with E-state index in [0.717, 1.165) is 12.1 Å². The summed E-state index contributed by atoms with van der Waals surface area (Å²) in [5, 5.41) is 14.9. The van der Waals surface area contributed by atoms with Gasteiger partial charge in [-0.15, -0.1) is 0 Å². The Morgan fingerprint density at radius 3 is 2.87 bits per heavy atom. The van der Waals surface area contributed by atoms with E-state index in [4.69, 9.17) is 5.26 Å². The molecule has 0 spiro atoms. The molecule has 0 atom stereocenters. The van der Waals surface area contributed by atoms with Gasteiger partial charge in [0.1, 0.15) is 17.4 Å². The van der Waals surface area contributed by atoms with Crippen molar-refractivity contribution in [2.75, 3.05) is 23.3 Å². The van der Waals surface area contributed by atoms with Crippen LogP contribution in [0.3, 0.4) is 0 Å². The van der Waals surface area contributed by atoms with Crippen molar-refractivity contribution in [2.45, 2.75) is 6.42 Å². The van der Waals surface area contributed by atoms with E-state index in [2.05, 4.69) is 10.6 Å².